The Balaban J connectivity index is 1.30. The van der Waals surface area contributed by atoms with Gasteiger partial charge in [0.1, 0.15) is 5.75 Å². The Labute approximate surface area is 181 Å². The summed E-state index contributed by atoms with van der Waals surface area (Å²) in [6.45, 7) is 7.89. The van der Waals surface area contributed by atoms with E-state index in [1.807, 2.05) is 29.2 Å². The minimum Gasteiger partial charge on any atom is -0.494 e. The highest BCUT2D eigenvalue weighted by Crippen LogP contribution is 2.31. The van der Waals surface area contributed by atoms with Crippen LogP contribution in [0.4, 0.5) is 15.6 Å². The van der Waals surface area contributed by atoms with Crippen molar-refractivity contribution in [2.45, 2.75) is 26.7 Å². The number of anilines is 2. The van der Waals surface area contributed by atoms with Crippen LogP contribution in [0.25, 0.3) is 10.2 Å². The van der Waals surface area contributed by atoms with Gasteiger partial charge in [-0.2, -0.15) is 0 Å². The smallest absolute Gasteiger partial charge is 0.321 e. The van der Waals surface area contributed by atoms with E-state index in [1.165, 1.54) is 10.3 Å². The quantitative estimate of drug-likeness (QED) is 0.557. The van der Waals surface area contributed by atoms with Gasteiger partial charge in [0.25, 0.3) is 0 Å². The molecule has 1 aliphatic heterocycles. The molecule has 0 spiro atoms. The third-order valence-electron chi connectivity index (χ3n) is 5.32. The van der Waals surface area contributed by atoms with Crippen LogP contribution in [0.2, 0.25) is 0 Å². The molecule has 2 heterocycles. The second kappa shape index (κ2) is 9.34. The maximum atomic E-state index is 12.6. The molecular weight excluding hydrogens is 396 g/mol. The Hall–Kier alpha value is -2.80. The highest BCUT2D eigenvalue weighted by atomic mass is 32.1. The largest absolute Gasteiger partial charge is 0.494 e. The van der Waals surface area contributed by atoms with E-state index in [1.54, 1.807) is 11.3 Å². The monoisotopic (exact) mass is 424 g/mol. The number of nitrogens with one attached hydrogen (secondary N) is 1. The zero-order valence-corrected chi connectivity index (χ0v) is 18.4. The summed E-state index contributed by atoms with van der Waals surface area (Å²) < 4.78 is 6.89. The molecule has 0 saturated carbocycles. The molecule has 158 valence electrons. The number of unbranched alkanes of at least 4 members (excludes halogenated alkanes) is 1. The number of piperazine rings is 1. The number of urea groups is 1. The van der Waals surface area contributed by atoms with Gasteiger partial charge < -0.3 is 19.9 Å². The highest BCUT2D eigenvalue weighted by molar-refractivity contribution is 7.22. The molecule has 2 amide bonds. The average molecular weight is 425 g/mol. The first kappa shape index (κ1) is 20.5. The van der Waals surface area contributed by atoms with Crippen LogP contribution in [0.15, 0.2) is 42.5 Å². The predicted octanol–water partition coefficient (Wildman–Crippen LogP) is 5.14. The third kappa shape index (κ3) is 4.67. The van der Waals surface area contributed by atoms with Gasteiger partial charge in [-0.15, -0.1) is 0 Å². The Morgan fingerprint density at radius 1 is 1.13 bits per heavy atom. The van der Waals surface area contributed by atoms with Crippen LogP contribution < -0.4 is 15.0 Å². The summed E-state index contributed by atoms with van der Waals surface area (Å²) in [5.74, 6) is 0.834. The fourth-order valence-corrected chi connectivity index (χ4v) is 4.58. The molecule has 6 nitrogen and oxygen atoms in total. The number of amides is 2. The van der Waals surface area contributed by atoms with Crippen molar-refractivity contribution in [3.8, 4) is 5.75 Å². The number of nitrogens with zero attached hydrogens (tertiary/aromatic N) is 3. The maximum absolute atomic E-state index is 12.6. The zero-order chi connectivity index (χ0) is 20.9. The Kier molecular flexibility index (Phi) is 6.38. The molecule has 30 heavy (non-hydrogen) atoms. The summed E-state index contributed by atoms with van der Waals surface area (Å²) in [6.07, 6.45) is 2.15. The van der Waals surface area contributed by atoms with Gasteiger partial charge in [-0.1, -0.05) is 36.8 Å². The molecule has 7 heteroatoms. The number of aryl methyl sites for hydroxylation is 1. The number of carbonyl (C=O) groups excluding carboxylic acids is 1. The number of benzene rings is 2. The first-order valence-corrected chi connectivity index (χ1v) is 11.4. The minimum atomic E-state index is -0.0607. The third-order valence-corrected chi connectivity index (χ3v) is 6.40. The van der Waals surface area contributed by atoms with Crippen molar-refractivity contribution in [2.75, 3.05) is 43.0 Å². The molecule has 1 N–H and O–H groups in total. The van der Waals surface area contributed by atoms with Gasteiger partial charge in [0, 0.05) is 31.9 Å². The molecule has 0 bridgehead atoms. The first-order chi connectivity index (χ1) is 14.6. The molecule has 2 aromatic carbocycles. The zero-order valence-electron chi connectivity index (χ0n) is 17.6. The number of carbonyl (C=O) groups is 1. The number of fused-ring (bicyclic) bond motifs is 1. The molecule has 0 radical (unpaired) electrons. The standard InChI is InChI=1S/C23H28N4O2S/c1-3-4-16-29-19-10-8-18(9-11-19)24-22(28)26-12-14-27(15-13-26)23-25-21-17(2)6-5-7-20(21)30-23/h5-11H,3-4,12-16H2,1-2H3,(H,24,28). The molecule has 0 aliphatic carbocycles. The fourth-order valence-electron chi connectivity index (χ4n) is 3.48. The number of ether oxygens (including phenoxy) is 1. The molecule has 1 aromatic heterocycles. The normalized spacial score (nSPS) is 14.2. The maximum Gasteiger partial charge on any atom is 0.321 e. The van der Waals surface area contributed by atoms with Crippen molar-refractivity contribution < 1.29 is 9.53 Å². The number of hydrogen-bond donors (Lipinski definition) is 1. The number of para-hydroxylation sites is 1. The Bertz CT molecular complexity index is 994. The van der Waals surface area contributed by atoms with Crippen molar-refractivity contribution >= 4 is 38.4 Å². The van der Waals surface area contributed by atoms with Gasteiger partial charge in [-0.3, -0.25) is 0 Å². The molecule has 1 fully saturated rings. The van der Waals surface area contributed by atoms with Crippen molar-refractivity contribution in [1.82, 2.24) is 9.88 Å². The van der Waals surface area contributed by atoms with Crippen LogP contribution in [0, 0.1) is 6.92 Å². The van der Waals surface area contributed by atoms with Gasteiger partial charge in [0.05, 0.1) is 16.8 Å². The van der Waals surface area contributed by atoms with Crippen molar-refractivity contribution in [3.05, 3.63) is 48.0 Å². The average Bonchev–Trinajstić information content (AvgIpc) is 3.21. The lowest BCUT2D eigenvalue weighted by Gasteiger charge is -2.34. The van der Waals surface area contributed by atoms with Crippen LogP contribution in [0.1, 0.15) is 25.3 Å². The topological polar surface area (TPSA) is 57.7 Å². The van der Waals surface area contributed by atoms with E-state index < -0.39 is 0 Å². The van der Waals surface area contributed by atoms with Gasteiger partial charge in [-0.05, 0) is 49.2 Å². The highest BCUT2D eigenvalue weighted by Gasteiger charge is 2.23. The van der Waals surface area contributed by atoms with E-state index in [-0.39, 0.29) is 6.03 Å². The summed E-state index contributed by atoms with van der Waals surface area (Å²) in [5, 5.41) is 4.03. The molecular formula is C23H28N4O2S. The fraction of sp³-hybridized carbons (Fsp3) is 0.391. The summed E-state index contributed by atoms with van der Waals surface area (Å²) >= 11 is 1.72. The van der Waals surface area contributed by atoms with Crippen LogP contribution in [0.3, 0.4) is 0 Å². The lowest BCUT2D eigenvalue weighted by molar-refractivity contribution is 0.208. The molecule has 0 unspecified atom stereocenters. The van der Waals surface area contributed by atoms with Crippen LogP contribution in [-0.2, 0) is 0 Å². The van der Waals surface area contributed by atoms with Gasteiger partial charge >= 0.3 is 6.03 Å². The summed E-state index contributed by atoms with van der Waals surface area (Å²) in [7, 11) is 0. The summed E-state index contributed by atoms with van der Waals surface area (Å²) in [4.78, 5) is 21.6. The molecule has 0 atom stereocenters. The van der Waals surface area contributed by atoms with E-state index in [0.717, 1.165) is 54.6 Å². The van der Waals surface area contributed by atoms with Gasteiger partial charge in [0.15, 0.2) is 5.13 Å². The second-order valence-corrected chi connectivity index (χ2v) is 8.56. The van der Waals surface area contributed by atoms with Crippen LogP contribution in [0.5, 0.6) is 5.75 Å². The number of thiazole rings is 1. The van der Waals surface area contributed by atoms with Crippen LogP contribution in [-0.4, -0.2) is 48.7 Å². The molecule has 1 aliphatic rings. The van der Waals surface area contributed by atoms with Crippen molar-refractivity contribution in [2.24, 2.45) is 0 Å². The lowest BCUT2D eigenvalue weighted by Crippen LogP contribution is -2.50. The van der Waals surface area contributed by atoms with E-state index in [0.29, 0.717) is 13.1 Å². The second-order valence-electron chi connectivity index (χ2n) is 7.55. The minimum absolute atomic E-state index is 0.0607. The lowest BCUT2D eigenvalue weighted by atomic mass is 10.2. The van der Waals surface area contributed by atoms with Crippen molar-refractivity contribution in [3.63, 3.8) is 0 Å². The Morgan fingerprint density at radius 2 is 1.90 bits per heavy atom. The van der Waals surface area contributed by atoms with Crippen molar-refractivity contribution in [1.29, 1.82) is 0 Å². The summed E-state index contributed by atoms with van der Waals surface area (Å²) in [5.41, 5.74) is 3.07. The van der Waals surface area contributed by atoms with Gasteiger partial charge in [0.2, 0.25) is 0 Å². The predicted molar refractivity (Wildman–Crippen MR) is 124 cm³/mol. The van der Waals surface area contributed by atoms with E-state index >= 15 is 0 Å². The SMILES string of the molecule is CCCCOc1ccc(NC(=O)N2CCN(c3nc4c(C)cccc4s3)CC2)cc1. The summed E-state index contributed by atoms with van der Waals surface area (Å²) in [6, 6.07) is 13.8. The first-order valence-electron chi connectivity index (χ1n) is 10.5. The van der Waals surface area contributed by atoms with Crippen LogP contribution >= 0.6 is 11.3 Å². The molecule has 1 saturated heterocycles. The number of hydrogen-bond acceptors (Lipinski definition) is 5. The van der Waals surface area contributed by atoms with E-state index in [2.05, 4.69) is 42.3 Å². The molecule has 3 aromatic rings. The number of aromatic nitrogens is 1. The number of rotatable bonds is 6. The van der Waals surface area contributed by atoms with E-state index in [9.17, 15) is 4.79 Å². The Morgan fingerprint density at radius 3 is 2.60 bits per heavy atom. The van der Waals surface area contributed by atoms with Gasteiger partial charge in [-0.25, -0.2) is 9.78 Å². The van der Waals surface area contributed by atoms with E-state index in [4.69, 9.17) is 9.72 Å². The molecule has 4 rings (SSSR count).